The molecule has 1 aliphatic rings. The Morgan fingerprint density at radius 1 is 1.13 bits per heavy atom. The van der Waals surface area contributed by atoms with E-state index in [0.717, 1.165) is 16.5 Å². The molecule has 0 radical (unpaired) electrons. The molecule has 1 aliphatic heterocycles. The smallest absolute Gasteiger partial charge is 0.311 e. The molecule has 162 valence electrons. The number of hydrogen-bond acceptors (Lipinski definition) is 3. The van der Waals surface area contributed by atoms with Crippen LogP contribution < -0.4 is 4.90 Å². The van der Waals surface area contributed by atoms with E-state index in [1.54, 1.807) is 22.7 Å². The lowest BCUT2D eigenvalue weighted by Gasteiger charge is -2.28. The Bertz CT molecular complexity index is 896. The quantitative estimate of drug-likeness (QED) is 0.595. The number of carbonyl (C=O) groups is 1. The lowest BCUT2D eigenvalue weighted by Crippen LogP contribution is -2.40. The summed E-state index contributed by atoms with van der Waals surface area (Å²) < 4.78 is 41.6. The van der Waals surface area contributed by atoms with Gasteiger partial charge in [0.25, 0.3) is 0 Å². The van der Waals surface area contributed by atoms with Gasteiger partial charge in [-0.25, -0.2) is 0 Å². The first kappa shape index (κ1) is 22.7. The van der Waals surface area contributed by atoms with E-state index >= 15 is 0 Å². The van der Waals surface area contributed by atoms with Gasteiger partial charge in [-0.1, -0.05) is 25.1 Å². The van der Waals surface area contributed by atoms with Gasteiger partial charge in [-0.2, -0.15) is 13.2 Å². The third kappa shape index (κ3) is 4.67. The predicted molar refractivity (Wildman–Crippen MR) is 116 cm³/mol. The number of halogens is 3. The van der Waals surface area contributed by atoms with Crippen LogP contribution in [0.4, 0.5) is 18.9 Å². The van der Waals surface area contributed by atoms with Crippen LogP contribution in [0.2, 0.25) is 0 Å². The van der Waals surface area contributed by atoms with Gasteiger partial charge < -0.3 is 9.80 Å². The fourth-order valence-electron chi connectivity index (χ4n) is 4.03. The number of amides is 1. The van der Waals surface area contributed by atoms with E-state index < -0.39 is 17.7 Å². The Morgan fingerprint density at radius 2 is 1.80 bits per heavy atom. The van der Waals surface area contributed by atoms with Gasteiger partial charge in [0.1, 0.15) is 0 Å². The molecule has 0 aromatic heterocycles. The zero-order valence-electron chi connectivity index (χ0n) is 17.7. The van der Waals surface area contributed by atoms with E-state index in [4.69, 9.17) is 0 Å². The van der Waals surface area contributed by atoms with Gasteiger partial charge in [0.05, 0.1) is 5.56 Å². The minimum Gasteiger partial charge on any atom is -0.311 e. The van der Waals surface area contributed by atoms with Crippen molar-refractivity contribution in [2.24, 2.45) is 5.92 Å². The zero-order valence-corrected chi connectivity index (χ0v) is 18.5. The molecular formula is C23H27F3N2OS. The largest absolute Gasteiger partial charge is 0.416 e. The summed E-state index contributed by atoms with van der Waals surface area (Å²) in [5.41, 5.74) is 0.834. The number of benzene rings is 2. The van der Waals surface area contributed by atoms with E-state index in [1.807, 2.05) is 56.4 Å². The summed E-state index contributed by atoms with van der Waals surface area (Å²) in [4.78, 5) is 18.0. The van der Waals surface area contributed by atoms with E-state index in [9.17, 15) is 18.0 Å². The molecule has 0 aliphatic carbocycles. The minimum absolute atomic E-state index is 0.131. The highest BCUT2D eigenvalue weighted by Crippen LogP contribution is 2.43. The molecule has 2 aromatic rings. The highest BCUT2D eigenvalue weighted by Gasteiger charge is 2.40. The van der Waals surface area contributed by atoms with Crippen LogP contribution in [0.25, 0.3) is 0 Å². The number of thioether (sulfide) groups is 1. The van der Waals surface area contributed by atoms with Gasteiger partial charge in [0.2, 0.25) is 5.91 Å². The maximum Gasteiger partial charge on any atom is 0.416 e. The van der Waals surface area contributed by atoms with Crippen molar-refractivity contribution in [2.45, 2.75) is 30.3 Å². The van der Waals surface area contributed by atoms with Crippen LogP contribution in [0.1, 0.15) is 29.5 Å². The highest BCUT2D eigenvalue weighted by molar-refractivity contribution is 7.98. The second-order valence-electron chi connectivity index (χ2n) is 7.97. The Hall–Kier alpha value is -1.99. The third-order valence-corrected chi connectivity index (χ3v) is 6.49. The lowest BCUT2D eigenvalue weighted by atomic mass is 9.82. The van der Waals surface area contributed by atoms with Crippen molar-refractivity contribution < 1.29 is 18.0 Å². The summed E-state index contributed by atoms with van der Waals surface area (Å²) in [5, 5.41) is 0. The number of likely N-dealkylation sites (N-methyl/N-ethyl adjacent to an activating group) is 1. The van der Waals surface area contributed by atoms with E-state index in [1.165, 1.54) is 6.07 Å². The Labute approximate surface area is 180 Å². The topological polar surface area (TPSA) is 23.6 Å². The standard InChI is InChI=1S/C23H27F3N2OS/c1-15-18(16-8-10-17(30-4)11-9-16)14-19-20(23(24,25)26)6-5-7-21(19)28(22(15)29)13-12-27(2)3/h5-11,15,18H,12-14H2,1-4H3/t15-,18-/m1/s1. The van der Waals surface area contributed by atoms with E-state index in [2.05, 4.69) is 0 Å². The molecule has 30 heavy (non-hydrogen) atoms. The van der Waals surface area contributed by atoms with Crippen LogP contribution >= 0.6 is 11.8 Å². The number of rotatable bonds is 5. The highest BCUT2D eigenvalue weighted by atomic mass is 32.2. The Kier molecular flexibility index (Phi) is 6.82. The molecule has 0 spiro atoms. The van der Waals surface area contributed by atoms with Crippen molar-refractivity contribution in [1.29, 1.82) is 0 Å². The molecule has 0 unspecified atom stereocenters. The normalized spacial score (nSPS) is 19.7. The first-order valence-corrected chi connectivity index (χ1v) is 11.1. The SMILES string of the molecule is CSc1ccc([C@@H]2Cc3c(cccc3C(F)(F)F)N(CCN(C)C)C(=O)[C@@H]2C)cc1. The molecule has 0 fully saturated rings. The summed E-state index contributed by atoms with van der Waals surface area (Å²) >= 11 is 1.61. The first-order valence-electron chi connectivity index (χ1n) is 9.92. The summed E-state index contributed by atoms with van der Waals surface area (Å²) in [7, 11) is 3.77. The number of hydrogen-bond donors (Lipinski definition) is 0. The maximum absolute atomic E-state index is 13.9. The molecule has 3 nitrogen and oxygen atoms in total. The summed E-state index contributed by atoms with van der Waals surface area (Å²) in [6.45, 7) is 2.75. The first-order chi connectivity index (χ1) is 14.1. The van der Waals surface area contributed by atoms with Crippen LogP contribution in [-0.2, 0) is 17.4 Å². The average molecular weight is 437 g/mol. The van der Waals surface area contributed by atoms with Gasteiger partial charge in [-0.05, 0) is 68.1 Å². The molecular weight excluding hydrogens is 409 g/mol. The van der Waals surface area contributed by atoms with Crippen molar-refractivity contribution in [3.63, 3.8) is 0 Å². The number of nitrogens with zero attached hydrogens (tertiary/aromatic N) is 2. The second-order valence-corrected chi connectivity index (χ2v) is 8.85. The summed E-state index contributed by atoms with van der Waals surface area (Å²) in [5.74, 6) is -0.880. The molecule has 0 N–H and O–H groups in total. The monoisotopic (exact) mass is 436 g/mol. The number of fused-ring (bicyclic) bond motifs is 1. The zero-order chi connectivity index (χ0) is 22.1. The molecule has 0 bridgehead atoms. The minimum atomic E-state index is -4.47. The Balaban J connectivity index is 2.13. The van der Waals surface area contributed by atoms with Gasteiger partial charge >= 0.3 is 6.18 Å². The molecule has 3 rings (SSSR count). The van der Waals surface area contributed by atoms with Crippen LogP contribution in [0.15, 0.2) is 47.4 Å². The van der Waals surface area contributed by atoms with Gasteiger partial charge in [0.15, 0.2) is 0 Å². The van der Waals surface area contributed by atoms with Crippen LogP contribution in [0.5, 0.6) is 0 Å². The molecule has 0 saturated heterocycles. The van der Waals surface area contributed by atoms with Gasteiger partial charge in [-0.15, -0.1) is 11.8 Å². The molecule has 1 heterocycles. The summed E-state index contributed by atoms with van der Waals surface area (Å²) in [6, 6.07) is 12.0. The van der Waals surface area contributed by atoms with Crippen molar-refractivity contribution in [2.75, 3.05) is 38.3 Å². The number of carbonyl (C=O) groups excluding carboxylic acids is 1. The molecule has 2 aromatic carbocycles. The fraction of sp³-hybridized carbons (Fsp3) is 0.435. The molecule has 2 atom stereocenters. The predicted octanol–water partition coefficient (Wildman–Crippen LogP) is 5.30. The fourth-order valence-corrected chi connectivity index (χ4v) is 4.44. The van der Waals surface area contributed by atoms with Crippen LogP contribution in [0.3, 0.4) is 0 Å². The van der Waals surface area contributed by atoms with Crippen LogP contribution in [-0.4, -0.2) is 44.2 Å². The molecule has 1 amide bonds. The molecule has 0 saturated carbocycles. The van der Waals surface area contributed by atoms with Crippen molar-refractivity contribution in [3.8, 4) is 0 Å². The maximum atomic E-state index is 13.9. The average Bonchev–Trinajstić information content (AvgIpc) is 2.80. The van der Waals surface area contributed by atoms with E-state index in [-0.39, 0.29) is 23.8 Å². The third-order valence-electron chi connectivity index (χ3n) is 5.75. The lowest BCUT2D eigenvalue weighted by molar-refractivity contribution is -0.138. The van der Waals surface area contributed by atoms with Gasteiger partial charge in [-0.3, -0.25) is 4.79 Å². The Morgan fingerprint density at radius 3 is 2.37 bits per heavy atom. The number of alkyl halides is 3. The molecule has 7 heteroatoms. The number of anilines is 1. The van der Waals surface area contributed by atoms with Crippen molar-refractivity contribution >= 4 is 23.4 Å². The van der Waals surface area contributed by atoms with Gasteiger partial charge in [0, 0.05) is 29.6 Å². The second kappa shape index (κ2) is 9.02. The van der Waals surface area contributed by atoms with Crippen molar-refractivity contribution in [3.05, 3.63) is 59.2 Å². The summed E-state index contributed by atoms with van der Waals surface area (Å²) in [6.07, 6.45) is -2.32. The van der Waals surface area contributed by atoms with E-state index in [0.29, 0.717) is 18.8 Å². The van der Waals surface area contributed by atoms with Crippen LogP contribution in [0, 0.1) is 5.92 Å². The van der Waals surface area contributed by atoms with Crippen molar-refractivity contribution in [1.82, 2.24) is 4.90 Å².